The molecule has 4 nitrogen and oxygen atoms in total. The second kappa shape index (κ2) is 4.13. The molecule has 0 spiro atoms. The van der Waals surface area contributed by atoms with Crippen LogP contribution in [0.15, 0.2) is 28.8 Å². The largest absolute Gasteiger partial charge is 0.334 e. The maximum Gasteiger partial charge on any atom is 0.321 e. The fraction of sp³-hybridized carbons (Fsp3) is 0.273. The van der Waals surface area contributed by atoms with Gasteiger partial charge in [-0.05, 0) is 25.0 Å². The third-order valence-electron chi connectivity index (χ3n) is 2.22. The minimum Gasteiger partial charge on any atom is -0.334 e. The topological polar surface area (TPSA) is 51.0 Å². The monoisotopic (exact) mass is 203 g/mol. The lowest BCUT2D eigenvalue weighted by Crippen LogP contribution is -2.01. The normalized spacial score (nSPS) is 10.3. The molecular weight excluding hydrogens is 190 g/mol. The molecule has 1 aromatic carbocycles. The van der Waals surface area contributed by atoms with Gasteiger partial charge >= 0.3 is 6.01 Å². The molecule has 0 atom stereocenters. The molecular formula is C11H13N3O. The first-order valence-corrected chi connectivity index (χ1v) is 4.84. The summed E-state index contributed by atoms with van der Waals surface area (Å²) in [7, 11) is 0. The number of nitrogens with zero attached hydrogens (tertiary/aromatic N) is 2. The van der Waals surface area contributed by atoms with Crippen LogP contribution in [0, 0.1) is 13.8 Å². The van der Waals surface area contributed by atoms with Crippen LogP contribution < -0.4 is 5.32 Å². The molecule has 78 valence electrons. The summed E-state index contributed by atoms with van der Waals surface area (Å²) >= 11 is 0. The van der Waals surface area contributed by atoms with Crippen LogP contribution in [-0.4, -0.2) is 10.1 Å². The van der Waals surface area contributed by atoms with Gasteiger partial charge < -0.3 is 9.84 Å². The van der Waals surface area contributed by atoms with Crippen LogP contribution in [0.1, 0.15) is 17.0 Å². The Hall–Kier alpha value is -1.84. The molecule has 4 heteroatoms. The molecule has 0 fully saturated rings. The highest BCUT2D eigenvalue weighted by atomic mass is 16.5. The van der Waals surface area contributed by atoms with Crippen LogP contribution in [0.25, 0.3) is 0 Å². The number of aromatic nitrogens is 2. The number of anilines is 1. The fourth-order valence-electron chi connectivity index (χ4n) is 1.35. The quantitative estimate of drug-likeness (QED) is 0.831. The lowest BCUT2D eigenvalue weighted by molar-refractivity contribution is 0.425. The standard InChI is InChI=1S/C11H13N3O/c1-8-5-3-4-6-10(8)7-12-11-13-9(2)14-15-11/h3-6H,7H2,1-2H3,(H,12,13,14). The molecule has 0 unspecified atom stereocenters. The molecule has 0 amide bonds. The third-order valence-corrected chi connectivity index (χ3v) is 2.22. The number of nitrogens with one attached hydrogen (secondary N) is 1. The SMILES string of the molecule is Cc1noc(NCc2ccccc2C)n1. The van der Waals surface area contributed by atoms with Gasteiger partial charge in [0.2, 0.25) is 0 Å². The van der Waals surface area contributed by atoms with Gasteiger partial charge in [0.15, 0.2) is 5.82 Å². The van der Waals surface area contributed by atoms with Crippen LogP contribution in [0.2, 0.25) is 0 Å². The number of aryl methyl sites for hydroxylation is 2. The van der Waals surface area contributed by atoms with E-state index in [0.29, 0.717) is 18.4 Å². The molecule has 0 saturated carbocycles. The number of hydrogen-bond donors (Lipinski definition) is 1. The van der Waals surface area contributed by atoms with Crippen LogP contribution >= 0.6 is 0 Å². The van der Waals surface area contributed by atoms with Gasteiger partial charge in [0, 0.05) is 6.54 Å². The molecule has 1 N–H and O–H groups in total. The summed E-state index contributed by atoms with van der Waals surface area (Å²) in [5.41, 5.74) is 2.48. The first-order chi connectivity index (χ1) is 7.25. The molecule has 0 aliphatic rings. The van der Waals surface area contributed by atoms with E-state index in [2.05, 4.69) is 34.5 Å². The van der Waals surface area contributed by atoms with Gasteiger partial charge in [0.1, 0.15) is 0 Å². The van der Waals surface area contributed by atoms with E-state index in [-0.39, 0.29) is 0 Å². The number of rotatable bonds is 3. The van der Waals surface area contributed by atoms with Gasteiger partial charge in [-0.3, -0.25) is 0 Å². The van der Waals surface area contributed by atoms with E-state index in [0.717, 1.165) is 0 Å². The van der Waals surface area contributed by atoms with Gasteiger partial charge in [-0.25, -0.2) is 0 Å². The summed E-state index contributed by atoms with van der Waals surface area (Å²) in [4.78, 5) is 4.07. The highest BCUT2D eigenvalue weighted by Gasteiger charge is 2.02. The van der Waals surface area contributed by atoms with Crippen molar-refractivity contribution in [2.45, 2.75) is 20.4 Å². The van der Waals surface area contributed by atoms with Gasteiger partial charge in [-0.1, -0.05) is 29.4 Å². The Morgan fingerprint density at radius 2 is 2.07 bits per heavy atom. The molecule has 0 radical (unpaired) electrons. The summed E-state index contributed by atoms with van der Waals surface area (Å²) in [6.45, 7) is 4.58. The molecule has 0 saturated heterocycles. The van der Waals surface area contributed by atoms with Crippen LogP contribution in [0.3, 0.4) is 0 Å². The second-order valence-corrected chi connectivity index (χ2v) is 3.43. The number of benzene rings is 1. The Morgan fingerprint density at radius 3 is 2.73 bits per heavy atom. The molecule has 2 rings (SSSR count). The zero-order chi connectivity index (χ0) is 10.7. The van der Waals surface area contributed by atoms with Gasteiger partial charge in [-0.2, -0.15) is 4.98 Å². The Morgan fingerprint density at radius 1 is 1.27 bits per heavy atom. The van der Waals surface area contributed by atoms with Gasteiger partial charge in [0.05, 0.1) is 0 Å². The molecule has 1 aromatic heterocycles. The smallest absolute Gasteiger partial charge is 0.321 e. The van der Waals surface area contributed by atoms with Crippen LogP contribution in [0.4, 0.5) is 6.01 Å². The Bertz CT molecular complexity index is 451. The van der Waals surface area contributed by atoms with Crippen molar-refractivity contribution in [1.29, 1.82) is 0 Å². The predicted octanol–water partition coefficient (Wildman–Crippen LogP) is 2.30. The van der Waals surface area contributed by atoms with Crippen molar-refractivity contribution in [3.05, 3.63) is 41.2 Å². The zero-order valence-electron chi connectivity index (χ0n) is 8.82. The average molecular weight is 203 g/mol. The first-order valence-electron chi connectivity index (χ1n) is 4.84. The summed E-state index contributed by atoms with van der Waals surface area (Å²) in [5, 5.41) is 6.79. The van der Waals surface area contributed by atoms with E-state index in [9.17, 15) is 0 Å². The molecule has 0 aliphatic heterocycles. The second-order valence-electron chi connectivity index (χ2n) is 3.43. The molecule has 15 heavy (non-hydrogen) atoms. The summed E-state index contributed by atoms with van der Waals surface area (Å²) in [6, 6.07) is 8.66. The van der Waals surface area contributed by atoms with Gasteiger partial charge in [-0.15, -0.1) is 0 Å². The summed E-state index contributed by atoms with van der Waals surface area (Å²) in [5.74, 6) is 0.641. The van der Waals surface area contributed by atoms with E-state index < -0.39 is 0 Å². The van der Waals surface area contributed by atoms with Gasteiger partial charge in [0.25, 0.3) is 0 Å². The Kier molecular flexibility index (Phi) is 2.67. The molecule has 0 aliphatic carbocycles. The van der Waals surface area contributed by atoms with E-state index in [1.165, 1.54) is 11.1 Å². The average Bonchev–Trinajstić information content (AvgIpc) is 2.63. The Balaban J connectivity index is 2.02. The minimum atomic E-state index is 0.468. The van der Waals surface area contributed by atoms with Crippen molar-refractivity contribution in [2.24, 2.45) is 0 Å². The highest BCUT2D eigenvalue weighted by molar-refractivity contribution is 5.29. The first kappa shape index (κ1) is 9.71. The van der Waals surface area contributed by atoms with Crippen molar-refractivity contribution < 1.29 is 4.52 Å². The Labute approximate surface area is 88.3 Å². The summed E-state index contributed by atoms with van der Waals surface area (Å²) < 4.78 is 4.95. The zero-order valence-corrected chi connectivity index (χ0v) is 8.82. The maximum atomic E-state index is 4.95. The van der Waals surface area contributed by atoms with Crippen LogP contribution in [0.5, 0.6) is 0 Å². The van der Waals surface area contributed by atoms with E-state index in [1.54, 1.807) is 6.92 Å². The molecule has 0 bridgehead atoms. The molecule has 1 heterocycles. The van der Waals surface area contributed by atoms with Crippen molar-refractivity contribution >= 4 is 6.01 Å². The van der Waals surface area contributed by atoms with Crippen molar-refractivity contribution in [3.63, 3.8) is 0 Å². The highest BCUT2D eigenvalue weighted by Crippen LogP contribution is 2.10. The molecule has 2 aromatic rings. The lowest BCUT2D eigenvalue weighted by atomic mass is 10.1. The van der Waals surface area contributed by atoms with Crippen molar-refractivity contribution in [1.82, 2.24) is 10.1 Å². The van der Waals surface area contributed by atoms with E-state index in [4.69, 9.17) is 4.52 Å². The van der Waals surface area contributed by atoms with E-state index >= 15 is 0 Å². The number of hydrogen-bond acceptors (Lipinski definition) is 4. The van der Waals surface area contributed by atoms with Crippen LogP contribution in [-0.2, 0) is 6.54 Å². The lowest BCUT2D eigenvalue weighted by Gasteiger charge is -2.04. The third kappa shape index (κ3) is 2.34. The predicted molar refractivity (Wildman–Crippen MR) is 57.5 cm³/mol. The van der Waals surface area contributed by atoms with Crippen molar-refractivity contribution in [2.75, 3.05) is 5.32 Å². The minimum absolute atomic E-state index is 0.468. The van der Waals surface area contributed by atoms with E-state index in [1.807, 2.05) is 12.1 Å². The summed E-state index contributed by atoms with van der Waals surface area (Å²) in [6.07, 6.45) is 0. The maximum absolute atomic E-state index is 4.95. The fourth-order valence-corrected chi connectivity index (χ4v) is 1.35. The van der Waals surface area contributed by atoms with Crippen molar-refractivity contribution in [3.8, 4) is 0 Å².